The fraction of sp³-hybridized carbons (Fsp3) is 0.429. The highest BCUT2D eigenvalue weighted by Crippen LogP contribution is 2.47. The summed E-state index contributed by atoms with van der Waals surface area (Å²) in [4.78, 5) is 34.7. The van der Waals surface area contributed by atoms with Gasteiger partial charge in [0.1, 0.15) is 5.41 Å². The lowest BCUT2D eigenvalue weighted by molar-refractivity contribution is -0.147. The lowest BCUT2D eigenvalue weighted by atomic mass is 9.96. The number of fused-ring (bicyclic) bond motifs is 1. The van der Waals surface area contributed by atoms with E-state index in [0.29, 0.717) is 18.0 Å². The average Bonchev–Trinajstić information content (AvgIpc) is 3.17. The number of nitrogens with zero attached hydrogens (tertiary/aromatic N) is 4. The number of thiazole rings is 1. The van der Waals surface area contributed by atoms with Gasteiger partial charge in [0, 0.05) is 18.4 Å². The summed E-state index contributed by atoms with van der Waals surface area (Å²) in [6.45, 7) is 2.17. The van der Waals surface area contributed by atoms with Gasteiger partial charge in [0.05, 0.1) is 22.6 Å². The van der Waals surface area contributed by atoms with Crippen molar-refractivity contribution in [3.8, 4) is 0 Å². The van der Waals surface area contributed by atoms with Crippen LogP contribution in [0.1, 0.15) is 37.8 Å². The molecular weight excluding hydrogens is 402 g/mol. The van der Waals surface area contributed by atoms with Gasteiger partial charge in [0.25, 0.3) is 0 Å². The predicted octanol–water partition coefficient (Wildman–Crippen LogP) is 3.23. The van der Waals surface area contributed by atoms with Crippen LogP contribution in [0, 0.1) is 5.41 Å². The molecule has 0 aliphatic heterocycles. The van der Waals surface area contributed by atoms with Gasteiger partial charge in [-0.3, -0.25) is 9.59 Å². The molecule has 1 unspecified atom stereocenters. The molecule has 1 aliphatic rings. The summed E-state index contributed by atoms with van der Waals surface area (Å²) in [6.07, 6.45) is 7.30. The average molecular weight is 428 g/mol. The number of amides is 1. The van der Waals surface area contributed by atoms with E-state index in [2.05, 4.69) is 57.9 Å². The van der Waals surface area contributed by atoms with E-state index in [4.69, 9.17) is 0 Å². The molecule has 2 heterocycles. The van der Waals surface area contributed by atoms with Crippen molar-refractivity contribution >= 4 is 38.6 Å². The maximum Gasteiger partial charge on any atom is 0.319 e. The lowest BCUT2D eigenvalue weighted by Gasteiger charge is -2.33. The van der Waals surface area contributed by atoms with E-state index in [9.17, 15) is 14.7 Å². The summed E-state index contributed by atoms with van der Waals surface area (Å²) in [7, 11) is 4.15. The number of aliphatic carboxylic acids is 1. The topological polar surface area (TPSA) is 100 Å². The van der Waals surface area contributed by atoms with Crippen LogP contribution in [-0.2, 0) is 9.59 Å². The van der Waals surface area contributed by atoms with Gasteiger partial charge in [-0.15, -0.1) is 0 Å². The van der Waals surface area contributed by atoms with Crippen LogP contribution in [0.4, 0.5) is 5.13 Å². The number of rotatable bonds is 8. The first kappa shape index (κ1) is 20.5. The van der Waals surface area contributed by atoms with E-state index in [1.54, 1.807) is 6.20 Å². The SMILES string of the molecule is CC[C@H](C(c1ccc2nc(NC(=O)C3(C(=O)O)CC3)sc2c1)n1ccnc1)N(C)C. The van der Waals surface area contributed by atoms with E-state index < -0.39 is 17.3 Å². The Morgan fingerprint density at radius 1 is 1.37 bits per heavy atom. The molecule has 3 aromatic rings. The first-order chi connectivity index (χ1) is 14.4. The largest absolute Gasteiger partial charge is 0.480 e. The first-order valence-electron chi connectivity index (χ1n) is 9.95. The first-order valence-corrected chi connectivity index (χ1v) is 10.8. The number of anilines is 1. The van der Waals surface area contributed by atoms with Crippen LogP contribution < -0.4 is 5.32 Å². The molecule has 0 radical (unpaired) electrons. The molecule has 0 saturated heterocycles. The fourth-order valence-corrected chi connectivity index (χ4v) is 4.87. The van der Waals surface area contributed by atoms with Crippen molar-refractivity contribution in [3.05, 3.63) is 42.5 Å². The monoisotopic (exact) mass is 427 g/mol. The Morgan fingerprint density at radius 2 is 2.13 bits per heavy atom. The van der Waals surface area contributed by atoms with Crippen molar-refractivity contribution in [2.75, 3.05) is 19.4 Å². The lowest BCUT2D eigenvalue weighted by Crippen LogP contribution is -2.36. The number of carbonyl (C=O) groups is 2. The van der Waals surface area contributed by atoms with Crippen LogP contribution in [0.2, 0.25) is 0 Å². The van der Waals surface area contributed by atoms with Crippen molar-refractivity contribution in [2.45, 2.75) is 38.3 Å². The summed E-state index contributed by atoms with van der Waals surface area (Å²) in [5.41, 5.74) is 0.628. The fourth-order valence-electron chi connectivity index (χ4n) is 3.96. The number of hydrogen-bond acceptors (Lipinski definition) is 6. The second-order valence-corrected chi connectivity index (χ2v) is 9.01. The third kappa shape index (κ3) is 3.59. The molecule has 1 aliphatic carbocycles. The molecule has 1 saturated carbocycles. The molecule has 8 nitrogen and oxygen atoms in total. The van der Waals surface area contributed by atoms with Crippen LogP contribution in [0.3, 0.4) is 0 Å². The third-order valence-electron chi connectivity index (χ3n) is 5.86. The minimum Gasteiger partial charge on any atom is -0.480 e. The molecule has 30 heavy (non-hydrogen) atoms. The second kappa shape index (κ2) is 7.81. The van der Waals surface area contributed by atoms with Crippen molar-refractivity contribution in [1.82, 2.24) is 19.4 Å². The Bertz CT molecular complexity index is 1070. The minimum atomic E-state index is -1.28. The molecule has 0 spiro atoms. The van der Waals surface area contributed by atoms with Crippen molar-refractivity contribution in [1.29, 1.82) is 0 Å². The summed E-state index contributed by atoms with van der Waals surface area (Å²) in [5, 5.41) is 12.4. The molecule has 0 bridgehead atoms. The number of aromatic nitrogens is 3. The van der Waals surface area contributed by atoms with Gasteiger partial charge >= 0.3 is 5.97 Å². The van der Waals surface area contributed by atoms with Crippen molar-refractivity contribution < 1.29 is 14.7 Å². The van der Waals surface area contributed by atoms with Crippen LogP contribution in [0.15, 0.2) is 36.9 Å². The highest BCUT2D eigenvalue weighted by atomic mass is 32.1. The van der Waals surface area contributed by atoms with E-state index in [1.165, 1.54) is 11.3 Å². The number of benzene rings is 1. The smallest absolute Gasteiger partial charge is 0.319 e. The van der Waals surface area contributed by atoms with Crippen molar-refractivity contribution in [3.63, 3.8) is 0 Å². The van der Waals surface area contributed by atoms with E-state index in [-0.39, 0.29) is 12.1 Å². The highest BCUT2D eigenvalue weighted by molar-refractivity contribution is 7.22. The van der Waals surface area contributed by atoms with Gasteiger partial charge in [0.2, 0.25) is 5.91 Å². The number of carboxylic acid groups (broad SMARTS) is 1. The summed E-state index contributed by atoms with van der Waals surface area (Å²) in [5.74, 6) is -1.55. The summed E-state index contributed by atoms with van der Waals surface area (Å²) >= 11 is 1.36. The van der Waals surface area contributed by atoms with Gasteiger partial charge in [-0.25, -0.2) is 9.97 Å². The van der Waals surface area contributed by atoms with E-state index in [0.717, 1.165) is 22.2 Å². The molecule has 2 N–H and O–H groups in total. The quantitative estimate of drug-likeness (QED) is 0.536. The molecule has 9 heteroatoms. The molecule has 2 aromatic heterocycles. The molecule has 4 rings (SSSR count). The molecule has 1 fully saturated rings. The highest BCUT2D eigenvalue weighted by Gasteiger charge is 2.57. The Kier molecular flexibility index (Phi) is 5.33. The number of nitrogens with one attached hydrogen (secondary N) is 1. The van der Waals surface area contributed by atoms with Gasteiger partial charge in [-0.2, -0.15) is 0 Å². The predicted molar refractivity (Wildman–Crippen MR) is 116 cm³/mol. The Hall–Kier alpha value is -2.78. The number of likely N-dealkylation sites (N-methyl/N-ethyl adjacent to an activating group) is 1. The zero-order valence-electron chi connectivity index (χ0n) is 17.2. The molecule has 1 amide bonds. The van der Waals surface area contributed by atoms with Gasteiger partial charge < -0.3 is 19.9 Å². The van der Waals surface area contributed by atoms with Gasteiger partial charge in [0.15, 0.2) is 5.13 Å². The zero-order valence-corrected chi connectivity index (χ0v) is 18.0. The maximum absolute atomic E-state index is 12.4. The van der Waals surface area contributed by atoms with Crippen molar-refractivity contribution in [2.24, 2.45) is 5.41 Å². The Morgan fingerprint density at radius 3 is 2.70 bits per heavy atom. The molecule has 1 aromatic carbocycles. The summed E-state index contributed by atoms with van der Waals surface area (Å²) < 4.78 is 3.06. The minimum absolute atomic E-state index is 0.0822. The third-order valence-corrected chi connectivity index (χ3v) is 6.79. The normalized spacial score (nSPS) is 17.1. The van der Waals surface area contributed by atoms with Crippen LogP contribution >= 0.6 is 11.3 Å². The standard InChI is InChI=1S/C21H25N5O3S/c1-4-15(25(2)3)17(26-10-9-22-12-26)13-5-6-14-16(11-13)30-20(23-14)24-18(27)21(7-8-21)19(28)29/h5-6,9-12,15,17H,4,7-8H2,1-3H3,(H,28,29)(H,23,24,27)/t15-,17?/m1/s1. The van der Waals surface area contributed by atoms with Gasteiger partial charge in [-0.05, 0) is 51.1 Å². The van der Waals surface area contributed by atoms with Crippen LogP contribution in [-0.4, -0.2) is 56.6 Å². The van der Waals surface area contributed by atoms with Crippen LogP contribution in [0.5, 0.6) is 0 Å². The molecule has 158 valence electrons. The van der Waals surface area contributed by atoms with E-state index >= 15 is 0 Å². The number of carbonyl (C=O) groups excluding carboxylic acids is 1. The zero-order chi connectivity index (χ0) is 21.5. The second-order valence-electron chi connectivity index (χ2n) is 7.98. The maximum atomic E-state index is 12.4. The Balaban J connectivity index is 1.65. The number of carboxylic acids is 1. The van der Waals surface area contributed by atoms with Crippen LogP contribution in [0.25, 0.3) is 10.2 Å². The Labute approximate surface area is 178 Å². The number of hydrogen-bond donors (Lipinski definition) is 2. The molecular formula is C21H25N5O3S. The summed E-state index contributed by atoms with van der Waals surface area (Å²) in [6, 6.07) is 6.47. The van der Waals surface area contributed by atoms with E-state index in [1.807, 2.05) is 18.6 Å². The van der Waals surface area contributed by atoms with Gasteiger partial charge in [-0.1, -0.05) is 24.3 Å². The molecule has 2 atom stereocenters. The number of imidazole rings is 1.